The second-order valence-corrected chi connectivity index (χ2v) is 7.72. The van der Waals surface area contributed by atoms with E-state index in [1.165, 1.54) is 0 Å². The van der Waals surface area contributed by atoms with Gasteiger partial charge in [-0.15, -0.1) is 0 Å². The van der Waals surface area contributed by atoms with Crippen molar-refractivity contribution in [3.05, 3.63) is 29.8 Å². The van der Waals surface area contributed by atoms with Gasteiger partial charge < -0.3 is 9.80 Å². The van der Waals surface area contributed by atoms with Crippen molar-refractivity contribution >= 4 is 17.4 Å². The summed E-state index contributed by atoms with van der Waals surface area (Å²) < 4.78 is 0. The van der Waals surface area contributed by atoms with Gasteiger partial charge in [0.05, 0.1) is 0 Å². The molecule has 0 bridgehead atoms. The number of nitrogens with zero attached hydrogens (tertiary/aromatic N) is 2. The lowest BCUT2D eigenvalue weighted by atomic mass is 10.0. The summed E-state index contributed by atoms with van der Waals surface area (Å²) in [6.45, 7) is 11.4. The first-order valence-electron chi connectivity index (χ1n) is 9.55. The highest BCUT2D eigenvalue weighted by molar-refractivity contribution is 5.98. The van der Waals surface area contributed by atoms with E-state index < -0.39 is 0 Å². The van der Waals surface area contributed by atoms with Crippen molar-refractivity contribution in [3.8, 4) is 0 Å². The maximum absolute atomic E-state index is 12.3. The summed E-state index contributed by atoms with van der Waals surface area (Å²) in [5, 5.41) is 0. The Balaban J connectivity index is 1.88. The molecule has 1 heterocycles. The van der Waals surface area contributed by atoms with Crippen LogP contribution in [-0.2, 0) is 4.79 Å². The van der Waals surface area contributed by atoms with Crippen molar-refractivity contribution in [2.45, 2.75) is 47.0 Å². The number of carbonyl (C=O) groups is 2. The maximum Gasteiger partial charge on any atom is 0.222 e. The molecule has 4 heteroatoms. The van der Waals surface area contributed by atoms with Crippen LogP contribution in [0.15, 0.2) is 24.3 Å². The molecule has 2 rings (SSSR count). The van der Waals surface area contributed by atoms with E-state index in [0.717, 1.165) is 50.3 Å². The fourth-order valence-electron chi connectivity index (χ4n) is 3.22. The maximum atomic E-state index is 12.3. The Hall–Kier alpha value is -1.84. The predicted octanol–water partition coefficient (Wildman–Crippen LogP) is 4.00. The first-order chi connectivity index (χ1) is 11.9. The molecule has 4 nitrogen and oxygen atoms in total. The second kappa shape index (κ2) is 9.02. The monoisotopic (exact) mass is 344 g/mol. The summed E-state index contributed by atoms with van der Waals surface area (Å²) in [7, 11) is 0. The molecule has 0 atom stereocenters. The summed E-state index contributed by atoms with van der Waals surface area (Å²) in [5.74, 6) is 1.13. The number of anilines is 1. The number of Topliss-reactive ketones (excluding diaryl/α,β-unsaturated/α-hetero) is 1. The van der Waals surface area contributed by atoms with Gasteiger partial charge in [0.2, 0.25) is 5.91 Å². The molecule has 0 unspecified atom stereocenters. The van der Waals surface area contributed by atoms with Crippen LogP contribution in [0.1, 0.15) is 57.3 Å². The Kier molecular flexibility index (Phi) is 7.03. The number of hydrogen-bond acceptors (Lipinski definition) is 3. The molecule has 1 amide bonds. The van der Waals surface area contributed by atoms with Gasteiger partial charge in [0.1, 0.15) is 0 Å². The van der Waals surface area contributed by atoms with Crippen LogP contribution in [0.2, 0.25) is 0 Å². The third-order valence-electron chi connectivity index (χ3n) is 4.82. The standard InChI is InChI=1S/C21H32N2O2/c1-16(2)7-5-10-20(24)23-13-11-22(12-14-23)19-9-6-8-18(15-19)21(25)17(3)4/h6,8-9,15-17H,5,7,10-14H2,1-4H3. The van der Waals surface area contributed by atoms with Crippen LogP contribution in [0, 0.1) is 11.8 Å². The highest BCUT2D eigenvalue weighted by atomic mass is 16.2. The van der Waals surface area contributed by atoms with Gasteiger partial charge in [-0.2, -0.15) is 0 Å². The molecule has 0 spiro atoms. The summed E-state index contributed by atoms with van der Waals surface area (Å²) in [4.78, 5) is 28.8. The molecular formula is C21H32N2O2. The van der Waals surface area contributed by atoms with E-state index in [9.17, 15) is 9.59 Å². The molecule has 1 saturated heterocycles. The van der Waals surface area contributed by atoms with Crippen molar-refractivity contribution in [2.75, 3.05) is 31.1 Å². The minimum Gasteiger partial charge on any atom is -0.368 e. The van der Waals surface area contributed by atoms with Crippen molar-refractivity contribution in [2.24, 2.45) is 11.8 Å². The molecule has 138 valence electrons. The third kappa shape index (κ3) is 5.58. The van der Waals surface area contributed by atoms with Gasteiger partial charge in [-0.05, 0) is 24.5 Å². The minimum atomic E-state index is 0.00978. The molecule has 1 fully saturated rings. The molecule has 0 aromatic heterocycles. The van der Waals surface area contributed by atoms with Crippen molar-refractivity contribution in [3.63, 3.8) is 0 Å². The molecular weight excluding hydrogens is 312 g/mol. The fraction of sp³-hybridized carbons (Fsp3) is 0.619. The first kappa shape index (κ1) is 19.5. The second-order valence-electron chi connectivity index (χ2n) is 7.72. The number of carbonyl (C=O) groups excluding carboxylic acids is 2. The number of amides is 1. The topological polar surface area (TPSA) is 40.6 Å². The third-order valence-corrected chi connectivity index (χ3v) is 4.82. The van der Waals surface area contributed by atoms with Crippen LogP contribution < -0.4 is 4.90 Å². The van der Waals surface area contributed by atoms with E-state index in [-0.39, 0.29) is 17.6 Å². The molecule has 0 radical (unpaired) electrons. The molecule has 1 aliphatic rings. The number of ketones is 1. The molecule has 1 aliphatic heterocycles. The smallest absolute Gasteiger partial charge is 0.222 e. The number of piperazine rings is 1. The molecule has 0 saturated carbocycles. The Morgan fingerprint density at radius 1 is 1.04 bits per heavy atom. The molecule has 0 N–H and O–H groups in total. The average Bonchev–Trinajstić information content (AvgIpc) is 2.60. The van der Waals surface area contributed by atoms with E-state index in [4.69, 9.17) is 0 Å². The largest absolute Gasteiger partial charge is 0.368 e. The zero-order chi connectivity index (χ0) is 18.4. The van der Waals surface area contributed by atoms with Gasteiger partial charge in [-0.3, -0.25) is 9.59 Å². The Morgan fingerprint density at radius 3 is 2.32 bits per heavy atom. The first-order valence-corrected chi connectivity index (χ1v) is 9.55. The highest BCUT2D eigenvalue weighted by Gasteiger charge is 2.21. The van der Waals surface area contributed by atoms with Gasteiger partial charge >= 0.3 is 0 Å². The minimum absolute atomic E-state index is 0.00978. The Bertz CT molecular complexity index is 587. The van der Waals surface area contributed by atoms with Crippen molar-refractivity contribution in [1.82, 2.24) is 4.90 Å². The van der Waals surface area contributed by atoms with E-state index in [1.807, 2.05) is 36.9 Å². The quantitative estimate of drug-likeness (QED) is 0.702. The van der Waals surface area contributed by atoms with E-state index in [0.29, 0.717) is 12.3 Å². The van der Waals surface area contributed by atoms with Crippen LogP contribution in [0.3, 0.4) is 0 Å². The number of hydrogen-bond donors (Lipinski definition) is 0. The Morgan fingerprint density at radius 2 is 1.72 bits per heavy atom. The lowest BCUT2D eigenvalue weighted by Crippen LogP contribution is -2.48. The SMILES string of the molecule is CC(C)CCCC(=O)N1CCN(c2cccc(C(=O)C(C)C)c2)CC1. The summed E-state index contributed by atoms with van der Waals surface area (Å²) in [6.07, 6.45) is 2.76. The highest BCUT2D eigenvalue weighted by Crippen LogP contribution is 2.20. The van der Waals surface area contributed by atoms with Gasteiger partial charge in [-0.1, -0.05) is 46.2 Å². The van der Waals surface area contributed by atoms with Gasteiger partial charge in [0.15, 0.2) is 5.78 Å². The van der Waals surface area contributed by atoms with Crippen LogP contribution in [0.5, 0.6) is 0 Å². The van der Waals surface area contributed by atoms with Crippen LogP contribution in [0.4, 0.5) is 5.69 Å². The van der Waals surface area contributed by atoms with Gasteiger partial charge in [0.25, 0.3) is 0 Å². The number of rotatable bonds is 7. The van der Waals surface area contributed by atoms with E-state index in [2.05, 4.69) is 24.8 Å². The number of benzene rings is 1. The molecule has 1 aromatic carbocycles. The zero-order valence-corrected chi connectivity index (χ0v) is 16.1. The summed E-state index contributed by atoms with van der Waals surface area (Å²) >= 11 is 0. The molecule has 25 heavy (non-hydrogen) atoms. The molecule has 0 aliphatic carbocycles. The van der Waals surface area contributed by atoms with Crippen molar-refractivity contribution < 1.29 is 9.59 Å². The molecule has 1 aromatic rings. The summed E-state index contributed by atoms with van der Waals surface area (Å²) in [5.41, 5.74) is 1.86. The lowest BCUT2D eigenvalue weighted by Gasteiger charge is -2.36. The van der Waals surface area contributed by atoms with Crippen LogP contribution in [0.25, 0.3) is 0 Å². The fourth-order valence-corrected chi connectivity index (χ4v) is 3.22. The van der Waals surface area contributed by atoms with E-state index >= 15 is 0 Å². The van der Waals surface area contributed by atoms with Gasteiger partial charge in [-0.25, -0.2) is 0 Å². The van der Waals surface area contributed by atoms with Crippen LogP contribution >= 0.6 is 0 Å². The van der Waals surface area contributed by atoms with Crippen LogP contribution in [-0.4, -0.2) is 42.8 Å². The van der Waals surface area contributed by atoms with Crippen molar-refractivity contribution in [1.29, 1.82) is 0 Å². The summed E-state index contributed by atoms with van der Waals surface area (Å²) in [6, 6.07) is 7.88. The average molecular weight is 344 g/mol. The van der Waals surface area contributed by atoms with Gasteiger partial charge in [0, 0.05) is 49.8 Å². The Labute approximate surface area is 152 Å². The normalized spacial score (nSPS) is 15.1. The predicted molar refractivity (Wildman–Crippen MR) is 103 cm³/mol. The zero-order valence-electron chi connectivity index (χ0n) is 16.1. The lowest BCUT2D eigenvalue weighted by molar-refractivity contribution is -0.131. The van der Waals surface area contributed by atoms with E-state index in [1.54, 1.807) is 0 Å².